The molecule has 0 aliphatic rings. The Morgan fingerprint density at radius 2 is 2.00 bits per heavy atom. The molecule has 1 amide bonds. The summed E-state index contributed by atoms with van der Waals surface area (Å²) < 4.78 is 7.97. The third-order valence-corrected chi connectivity index (χ3v) is 6.36. The number of nitrogens with zero attached hydrogens (tertiary/aromatic N) is 5. The highest BCUT2D eigenvalue weighted by molar-refractivity contribution is 7.99. The number of thioether (sulfide) groups is 1. The van der Waals surface area contributed by atoms with Crippen molar-refractivity contribution in [1.82, 2.24) is 25.0 Å². The number of hydrogen-bond donors (Lipinski definition) is 1. The Hall–Kier alpha value is -2.72. The van der Waals surface area contributed by atoms with Gasteiger partial charge in [0.05, 0.1) is 5.75 Å². The fraction of sp³-hybridized carbons (Fsp3) is 0.381. The van der Waals surface area contributed by atoms with Crippen LogP contribution in [-0.2, 0) is 24.2 Å². The molecule has 0 fully saturated rings. The molecule has 10 heteroatoms. The summed E-state index contributed by atoms with van der Waals surface area (Å²) >= 11 is 2.69. The van der Waals surface area contributed by atoms with Gasteiger partial charge >= 0.3 is 0 Å². The molecule has 0 aliphatic heterocycles. The first-order valence-electron chi connectivity index (χ1n) is 10.1. The standard InChI is InChI=1S/C21H26N6O2S2/c1-5-12-27-19(14(4)29-16-10-8-15(6-2)9-11-16)24-26-21(27)30-13-17(28)22-20-25-23-18(7-3)31-20/h5,8-11,14H,1,6-7,12-13H2,2-4H3,(H,22,25,28). The normalized spacial score (nSPS) is 11.8. The molecule has 0 bridgehead atoms. The van der Waals surface area contributed by atoms with Crippen LogP contribution in [0.15, 0.2) is 42.1 Å². The van der Waals surface area contributed by atoms with Crippen LogP contribution in [-0.4, -0.2) is 36.6 Å². The number of allylic oxidation sites excluding steroid dienone is 1. The highest BCUT2D eigenvalue weighted by Crippen LogP contribution is 2.25. The number of carbonyl (C=O) groups excluding carboxylic acids is 1. The molecule has 0 saturated heterocycles. The Morgan fingerprint density at radius 3 is 2.65 bits per heavy atom. The summed E-state index contributed by atoms with van der Waals surface area (Å²) in [5.41, 5.74) is 1.26. The van der Waals surface area contributed by atoms with Crippen LogP contribution in [0.5, 0.6) is 5.75 Å². The van der Waals surface area contributed by atoms with Crippen molar-refractivity contribution in [3.8, 4) is 5.75 Å². The van der Waals surface area contributed by atoms with E-state index in [9.17, 15) is 4.79 Å². The zero-order chi connectivity index (χ0) is 22.2. The average Bonchev–Trinajstić information content (AvgIpc) is 3.40. The number of aromatic nitrogens is 5. The maximum absolute atomic E-state index is 12.3. The Bertz CT molecular complexity index is 1020. The molecule has 3 rings (SSSR count). The molecule has 2 aromatic heterocycles. The number of ether oxygens (including phenoxy) is 1. The van der Waals surface area contributed by atoms with Crippen molar-refractivity contribution in [2.75, 3.05) is 11.1 Å². The van der Waals surface area contributed by atoms with E-state index < -0.39 is 0 Å². The number of anilines is 1. The lowest BCUT2D eigenvalue weighted by atomic mass is 10.2. The van der Waals surface area contributed by atoms with Gasteiger partial charge in [-0.3, -0.25) is 14.7 Å². The first-order valence-corrected chi connectivity index (χ1v) is 11.9. The minimum atomic E-state index is -0.308. The van der Waals surface area contributed by atoms with Crippen molar-refractivity contribution in [2.24, 2.45) is 0 Å². The van der Waals surface area contributed by atoms with E-state index in [1.807, 2.05) is 30.5 Å². The van der Waals surface area contributed by atoms with Crippen LogP contribution < -0.4 is 10.1 Å². The third kappa shape index (κ3) is 6.14. The van der Waals surface area contributed by atoms with E-state index in [0.717, 1.165) is 23.6 Å². The van der Waals surface area contributed by atoms with Gasteiger partial charge in [0, 0.05) is 6.54 Å². The number of carbonyl (C=O) groups is 1. The predicted molar refractivity (Wildman–Crippen MR) is 124 cm³/mol. The van der Waals surface area contributed by atoms with E-state index in [1.54, 1.807) is 6.08 Å². The predicted octanol–water partition coefficient (Wildman–Crippen LogP) is 4.31. The lowest BCUT2D eigenvalue weighted by Gasteiger charge is -2.16. The molecule has 0 radical (unpaired) electrons. The van der Waals surface area contributed by atoms with E-state index >= 15 is 0 Å². The van der Waals surface area contributed by atoms with Gasteiger partial charge < -0.3 is 4.74 Å². The molecule has 1 atom stereocenters. The zero-order valence-electron chi connectivity index (χ0n) is 17.9. The summed E-state index contributed by atoms with van der Waals surface area (Å²) in [6, 6.07) is 8.03. The average molecular weight is 459 g/mol. The smallest absolute Gasteiger partial charge is 0.236 e. The summed E-state index contributed by atoms with van der Waals surface area (Å²) in [6.45, 7) is 10.4. The second-order valence-corrected chi connectivity index (χ2v) is 8.69. The minimum absolute atomic E-state index is 0.168. The summed E-state index contributed by atoms with van der Waals surface area (Å²) in [5, 5.41) is 21.3. The van der Waals surface area contributed by atoms with Crippen molar-refractivity contribution < 1.29 is 9.53 Å². The largest absolute Gasteiger partial charge is 0.483 e. The highest BCUT2D eigenvalue weighted by Gasteiger charge is 2.20. The van der Waals surface area contributed by atoms with Crippen molar-refractivity contribution >= 4 is 34.1 Å². The second-order valence-electron chi connectivity index (χ2n) is 6.69. The van der Waals surface area contributed by atoms with Crippen LogP contribution in [0, 0.1) is 0 Å². The Balaban J connectivity index is 1.64. The summed E-state index contributed by atoms with van der Waals surface area (Å²) in [5.74, 6) is 1.47. The number of benzene rings is 1. The van der Waals surface area contributed by atoms with Crippen molar-refractivity contribution in [3.63, 3.8) is 0 Å². The lowest BCUT2D eigenvalue weighted by molar-refractivity contribution is -0.113. The Morgan fingerprint density at radius 1 is 1.23 bits per heavy atom. The molecule has 2 heterocycles. The highest BCUT2D eigenvalue weighted by atomic mass is 32.2. The van der Waals surface area contributed by atoms with Crippen LogP contribution in [0.4, 0.5) is 5.13 Å². The molecule has 31 heavy (non-hydrogen) atoms. The van der Waals surface area contributed by atoms with Crippen LogP contribution in [0.2, 0.25) is 0 Å². The van der Waals surface area contributed by atoms with Gasteiger partial charge in [0.2, 0.25) is 11.0 Å². The maximum atomic E-state index is 12.3. The molecule has 1 unspecified atom stereocenters. The van der Waals surface area contributed by atoms with Gasteiger partial charge in [-0.2, -0.15) is 0 Å². The molecular formula is C21H26N6O2S2. The SMILES string of the molecule is C=CCn1c(SCC(=O)Nc2nnc(CC)s2)nnc1C(C)Oc1ccc(CC)cc1. The minimum Gasteiger partial charge on any atom is -0.483 e. The van der Waals surface area contributed by atoms with Crippen LogP contribution in [0.1, 0.15) is 43.3 Å². The topological polar surface area (TPSA) is 94.8 Å². The fourth-order valence-electron chi connectivity index (χ4n) is 2.80. The molecule has 1 aromatic carbocycles. The molecule has 8 nitrogen and oxygen atoms in total. The maximum Gasteiger partial charge on any atom is 0.236 e. The molecule has 0 spiro atoms. The second kappa shape index (κ2) is 11.1. The Labute approximate surface area is 190 Å². The fourth-order valence-corrected chi connectivity index (χ4v) is 4.25. The quantitative estimate of drug-likeness (QED) is 0.338. The third-order valence-electron chi connectivity index (χ3n) is 4.41. The van der Waals surface area contributed by atoms with Gasteiger partial charge in [-0.25, -0.2) is 0 Å². The zero-order valence-corrected chi connectivity index (χ0v) is 19.5. The van der Waals surface area contributed by atoms with E-state index in [4.69, 9.17) is 4.74 Å². The van der Waals surface area contributed by atoms with Gasteiger partial charge in [0.1, 0.15) is 10.8 Å². The molecule has 1 N–H and O–H groups in total. The van der Waals surface area contributed by atoms with Crippen LogP contribution in [0.3, 0.4) is 0 Å². The Kier molecular flexibility index (Phi) is 8.19. The first kappa shape index (κ1) is 23.0. The number of nitrogens with one attached hydrogen (secondary N) is 1. The van der Waals surface area contributed by atoms with Gasteiger partial charge in [0.25, 0.3) is 0 Å². The number of hydrogen-bond acceptors (Lipinski definition) is 8. The van der Waals surface area contributed by atoms with E-state index in [2.05, 4.69) is 51.3 Å². The molecular weight excluding hydrogens is 432 g/mol. The molecule has 0 aliphatic carbocycles. The van der Waals surface area contributed by atoms with Crippen LogP contribution in [0.25, 0.3) is 0 Å². The summed E-state index contributed by atoms with van der Waals surface area (Å²) in [7, 11) is 0. The number of rotatable bonds is 11. The molecule has 164 valence electrons. The molecule has 0 saturated carbocycles. The van der Waals surface area contributed by atoms with Crippen molar-refractivity contribution in [1.29, 1.82) is 0 Å². The van der Waals surface area contributed by atoms with E-state index in [0.29, 0.717) is 22.7 Å². The first-order chi connectivity index (χ1) is 15.0. The van der Waals surface area contributed by atoms with E-state index in [1.165, 1.54) is 28.7 Å². The van der Waals surface area contributed by atoms with Crippen LogP contribution >= 0.6 is 23.1 Å². The number of amides is 1. The van der Waals surface area contributed by atoms with Crippen molar-refractivity contribution in [3.05, 3.63) is 53.3 Å². The molecule has 3 aromatic rings. The van der Waals surface area contributed by atoms with Crippen molar-refractivity contribution in [2.45, 2.75) is 51.4 Å². The van der Waals surface area contributed by atoms with E-state index in [-0.39, 0.29) is 17.8 Å². The van der Waals surface area contributed by atoms with Gasteiger partial charge in [-0.1, -0.05) is 55.2 Å². The summed E-state index contributed by atoms with van der Waals surface area (Å²) in [6.07, 6.45) is 3.24. The van der Waals surface area contributed by atoms with Gasteiger partial charge in [-0.05, 0) is 37.5 Å². The van der Waals surface area contributed by atoms with Gasteiger partial charge in [0.15, 0.2) is 17.1 Å². The number of aryl methyl sites for hydroxylation is 2. The monoisotopic (exact) mass is 458 g/mol. The lowest BCUT2D eigenvalue weighted by Crippen LogP contribution is -2.15. The summed E-state index contributed by atoms with van der Waals surface area (Å²) in [4.78, 5) is 12.3. The van der Waals surface area contributed by atoms with Gasteiger partial charge in [-0.15, -0.1) is 27.0 Å².